The maximum absolute atomic E-state index is 9.99. The van der Waals surface area contributed by atoms with Crippen LogP contribution < -0.4 is 0 Å². The van der Waals surface area contributed by atoms with Crippen LogP contribution >= 0.6 is 0 Å². The quantitative estimate of drug-likeness (QED) is 0.701. The molecule has 1 aliphatic heterocycles. The highest BCUT2D eigenvalue weighted by Crippen LogP contribution is 2.36. The molecule has 0 bridgehead atoms. The summed E-state index contributed by atoms with van der Waals surface area (Å²) in [6.07, 6.45) is 2.16. The lowest BCUT2D eigenvalue weighted by atomic mass is 9.75. The van der Waals surface area contributed by atoms with E-state index in [0.29, 0.717) is 6.04 Å². The van der Waals surface area contributed by atoms with Gasteiger partial charge >= 0.3 is 0 Å². The highest BCUT2D eigenvalue weighted by molar-refractivity contribution is 5.00. The maximum Gasteiger partial charge on any atom is 0.0774 e. The minimum Gasteiger partial charge on any atom is -0.389 e. The molecule has 82 valence electrons. The molecule has 1 heterocycles. The highest BCUT2D eigenvalue weighted by atomic mass is 16.3. The molecular weight excluding hydrogens is 176 g/mol. The Morgan fingerprint density at radius 2 is 1.93 bits per heavy atom. The zero-order valence-electron chi connectivity index (χ0n) is 9.37. The lowest BCUT2D eigenvalue weighted by Gasteiger charge is -2.51. The number of rotatable bonds is 2. The van der Waals surface area contributed by atoms with Crippen LogP contribution in [-0.2, 0) is 0 Å². The topological polar surface area (TPSA) is 26.7 Å². The Labute approximate surface area is 86.7 Å². The van der Waals surface area contributed by atoms with Crippen molar-refractivity contribution in [1.29, 1.82) is 0 Å². The first-order valence-electron chi connectivity index (χ1n) is 5.82. The summed E-state index contributed by atoms with van der Waals surface area (Å²) in [5.74, 6) is 0. The van der Waals surface area contributed by atoms with Gasteiger partial charge < -0.3 is 10.0 Å². The summed E-state index contributed by atoms with van der Waals surface area (Å²) >= 11 is 0. The first kappa shape index (κ1) is 10.4. The first-order chi connectivity index (χ1) is 6.63. The van der Waals surface area contributed by atoms with Crippen LogP contribution in [0.2, 0.25) is 0 Å². The van der Waals surface area contributed by atoms with Crippen LogP contribution in [0.4, 0.5) is 0 Å². The van der Waals surface area contributed by atoms with E-state index in [1.54, 1.807) is 0 Å². The molecule has 1 aliphatic carbocycles. The molecule has 1 N–H and O–H groups in total. The van der Waals surface area contributed by atoms with Crippen molar-refractivity contribution in [2.45, 2.75) is 38.3 Å². The number of aliphatic hydroxyl groups is 1. The van der Waals surface area contributed by atoms with Gasteiger partial charge in [0.25, 0.3) is 0 Å². The second-order valence-corrected chi connectivity index (χ2v) is 4.88. The van der Waals surface area contributed by atoms with Crippen molar-refractivity contribution >= 4 is 0 Å². The summed E-state index contributed by atoms with van der Waals surface area (Å²) in [6, 6.07) is 0.432. The molecule has 2 atom stereocenters. The number of likely N-dealkylation sites (N-methyl/N-ethyl adjacent to an activating group) is 1. The Morgan fingerprint density at radius 3 is 2.29 bits per heavy atom. The third kappa shape index (κ3) is 1.81. The van der Waals surface area contributed by atoms with Crippen molar-refractivity contribution in [3.63, 3.8) is 0 Å². The van der Waals surface area contributed by atoms with Crippen molar-refractivity contribution in [1.82, 2.24) is 9.80 Å². The maximum atomic E-state index is 9.99. The smallest absolute Gasteiger partial charge is 0.0774 e. The second-order valence-electron chi connectivity index (χ2n) is 4.88. The van der Waals surface area contributed by atoms with Gasteiger partial charge in [0, 0.05) is 32.2 Å². The molecule has 1 saturated heterocycles. The molecule has 2 fully saturated rings. The average Bonchev–Trinajstić information content (AvgIpc) is 2.18. The summed E-state index contributed by atoms with van der Waals surface area (Å²) in [5.41, 5.74) is -0.408. The van der Waals surface area contributed by atoms with Crippen LogP contribution in [0.15, 0.2) is 0 Å². The standard InChI is InChI=1S/C11H22N2O/c1-3-12-6-8-13(9-7-12)10-4-5-11(10,2)14/h10,14H,3-9H2,1-2H3/t10-,11-/m0/s1. The molecule has 0 amide bonds. The third-order valence-corrected chi connectivity index (χ3v) is 3.94. The third-order valence-electron chi connectivity index (χ3n) is 3.94. The Balaban J connectivity index is 1.84. The minimum absolute atomic E-state index is 0.408. The number of hydrogen-bond donors (Lipinski definition) is 1. The summed E-state index contributed by atoms with van der Waals surface area (Å²) in [4.78, 5) is 4.94. The van der Waals surface area contributed by atoms with Gasteiger partial charge in [0.15, 0.2) is 0 Å². The van der Waals surface area contributed by atoms with E-state index in [2.05, 4.69) is 16.7 Å². The van der Waals surface area contributed by atoms with Gasteiger partial charge in [0.2, 0.25) is 0 Å². The lowest BCUT2D eigenvalue weighted by Crippen LogP contribution is -2.62. The Hall–Kier alpha value is -0.120. The van der Waals surface area contributed by atoms with Crippen LogP contribution in [0.1, 0.15) is 26.7 Å². The van der Waals surface area contributed by atoms with Crippen LogP contribution in [0.3, 0.4) is 0 Å². The zero-order valence-corrected chi connectivity index (χ0v) is 9.37. The molecule has 0 aromatic rings. The predicted molar refractivity (Wildman–Crippen MR) is 57.3 cm³/mol. The number of nitrogens with zero attached hydrogens (tertiary/aromatic N) is 2. The van der Waals surface area contributed by atoms with Gasteiger partial charge in [-0.2, -0.15) is 0 Å². The average molecular weight is 198 g/mol. The first-order valence-corrected chi connectivity index (χ1v) is 5.82. The number of hydrogen-bond acceptors (Lipinski definition) is 3. The lowest BCUT2D eigenvalue weighted by molar-refractivity contribution is -0.112. The summed E-state index contributed by atoms with van der Waals surface area (Å²) in [5, 5.41) is 9.99. The Kier molecular flexibility index (Phi) is 2.82. The van der Waals surface area contributed by atoms with E-state index in [1.807, 2.05) is 6.92 Å². The van der Waals surface area contributed by atoms with Gasteiger partial charge in [-0.1, -0.05) is 6.92 Å². The van der Waals surface area contributed by atoms with E-state index in [0.717, 1.165) is 26.1 Å². The van der Waals surface area contributed by atoms with Crippen molar-refractivity contribution < 1.29 is 5.11 Å². The fourth-order valence-electron chi connectivity index (χ4n) is 2.66. The van der Waals surface area contributed by atoms with Gasteiger partial charge in [-0.15, -0.1) is 0 Å². The summed E-state index contributed by atoms with van der Waals surface area (Å²) < 4.78 is 0. The highest BCUT2D eigenvalue weighted by Gasteiger charge is 2.44. The SMILES string of the molecule is CCN1CCN([C@H]2CC[C@]2(C)O)CC1. The van der Waals surface area contributed by atoms with Gasteiger partial charge in [0.1, 0.15) is 0 Å². The molecule has 0 unspecified atom stereocenters. The van der Waals surface area contributed by atoms with E-state index in [4.69, 9.17) is 0 Å². The fourth-order valence-corrected chi connectivity index (χ4v) is 2.66. The van der Waals surface area contributed by atoms with Crippen LogP contribution in [0, 0.1) is 0 Å². The molecule has 0 radical (unpaired) electrons. The van der Waals surface area contributed by atoms with Crippen molar-refractivity contribution in [2.75, 3.05) is 32.7 Å². The Morgan fingerprint density at radius 1 is 1.29 bits per heavy atom. The molecule has 2 rings (SSSR count). The molecule has 2 aliphatic rings. The number of piperazine rings is 1. The molecule has 0 aromatic heterocycles. The normalized spacial score (nSPS) is 40.9. The Bertz CT molecular complexity index is 197. The van der Waals surface area contributed by atoms with Crippen LogP contribution in [0.25, 0.3) is 0 Å². The second kappa shape index (κ2) is 3.80. The minimum atomic E-state index is -0.408. The fraction of sp³-hybridized carbons (Fsp3) is 1.00. The van der Waals surface area contributed by atoms with E-state index in [9.17, 15) is 5.11 Å². The zero-order chi connectivity index (χ0) is 10.2. The molecule has 3 nitrogen and oxygen atoms in total. The van der Waals surface area contributed by atoms with Crippen molar-refractivity contribution in [3.8, 4) is 0 Å². The molecule has 0 aromatic carbocycles. The van der Waals surface area contributed by atoms with Crippen molar-refractivity contribution in [3.05, 3.63) is 0 Å². The molecular formula is C11H22N2O. The largest absolute Gasteiger partial charge is 0.389 e. The van der Waals surface area contributed by atoms with Gasteiger partial charge in [-0.05, 0) is 26.3 Å². The van der Waals surface area contributed by atoms with Gasteiger partial charge in [-0.3, -0.25) is 4.90 Å². The van der Waals surface area contributed by atoms with E-state index < -0.39 is 5.60 Å². The van der Waals surface area contributed by atoms with Gasteiger partial charge in [0.05, 0.1) is 5.60 Å². The molecule has 0 spiro atoms. The summed E-state index contributed by atoms with van der Waals surface area (Å²) in [6.45, 7) is 9.97. The van der Waals surface area contributed by atoms with Crippen LogP contribution in [0.5, 0.6) is 0 Å². The van der Waals surface area contributed by atoms with Gasteiger partial charge in [-0.25, -0.2) is 0 Å². The van der Waals surface area contributed by atoms with E-state index >= 15 is 0 Å². The molecule has 1 saturated carbocycles. The van der Waals surface area contributed by atoms with Crippen molar-refractivity contribution in [2.24, 2.45) is 0 Å². The summed E-state index contributed by atoms with van der Waals surface area (Å²) in [7, 11) is 0. The monoisotopic (exact) mass is 198 g/mol. The molecule has 3 heteroatoms. The van der Waals surface area contributed by atoms with E-state index in [-0.39, 0.29) is 0 Å². The predicted octanol–water partition coefficient (Wildman–Crippen LogP) is 0.537. The molecule has 14 heavy (non-hydrogen) atoms. The van der Waals surface area contributed by atoms with E-state index in [1.165, 1.54) is 19.5 Å². The van der Waals surface area contributed by atoms with Crippen LogP contribution in [-0.4, -0.2) is 59.3 Å².